The van der Waals surface area contributed by atoms with E-state index in [0.717, 1.165) is 27.2 Å². The zero-order chi connectivity index (χ0) is 23.7. The van der Waals surface area contributed by atoms with E-state index in [1.54, 1.807) is 50.1 Å². The van der Waals surface area contributed by atoms with Crippen LogP contribution in [0.1, 0.15) is 15.9 Å². The number of carbonyl (C=O) groups excluding carboxylic acids is 1. The lowest BCUT2D eigenvalue weighted by Gasteiger charge is -2.35. The van der Waals surface area contributed by atoms with Gasteiger partial charge < -0.3 is 19.3 Å². The molecule has 7 nitrogen and oxygen atoms in total. The van der Waals surface area contributed by atoms with Crippen LogP contribution in [-0.4, -0.2) is 61.2 Å². The molecule has 1 aliphatic rings. The van der Waals surface area contributed by atoms with Crippen LogP contribution in [0.15, 0.2) is 54.2 Å². The van der Waals surface area contributed by atoms with Gasteiger partial charge in [-0.1, -0.05) is 29.8 Å². The number of aryl methyl sites for hydroxylation is 1. The molecule has 0 aliphatic carbocycles. The lowest BCUT2D eigenvalue weighted by Crippen LogP contribution is -2.49. The van der Waals surface area contributed by atoms with E-state index in [1.165, 1.54) is 5.56 Å². The van der Waals surface area contributed by atoms with Crippen LogP contribution >= 0.6 is 11.3 Å². The Balaban J connectivity index is 1.37. The fourth-order valence-corrected chi connectivity index (χ4v) is 5.23. The molecule has 1 saturated heterocycles. The highest BCUT2D eigenvalue weighted by molar-refractivity contribution is 7.17. The number of ether oxygens (including phenoxy) is 2. The number of fused-ring (bicyclic) bond motifs is 1. The van der Waals surface area contributed by atoms with Gasteiger partial charge in [-0.2, -0.15) is 0 Å². The van der Waals surface area contributed by atoms with Gasteiger partial charge in [0.15, 0.2) is 11.5 Å². The molecular formula is C26H26N4O3S. The molecule has 2 aromatic heterocycles. The summed E-state index contributed by atoms with van der Waals surface area (Å²) < 4.78 is 10.6. The smallest absolute Gasteiger partial charge is 0.254 e. The molecule has 0 saturated carbocycles. The van der Waals surface area contributed by atoms with Gasteiger partial charge >= 0.3 is 0 Å². The average Bonchev–Trinajstić information content (AvgIpc) is 3.33. The van der Waals surface area contributed by atoms with Crippen LogP contribution in [0.25, 0.3) is 21.3 Å². The Morgan fingerprint density at radius 1 is 0.941 bits per heavy atom. The molecule has 0 N–H and O–H groups in total. The molecule has 3 heterocycles. The van der Waals surface area contributed by atoms with Crippen LogP contribution in [0, 0.1) is 6.92 Å². The van der Waals surface area contributed by atoms with Crippen LogP contribution < -0.4 is 14.4 Å². The van der Waals surface area contributed by atoms with Crippen LogP contribution in [-0.2, 0) is 0 Å². The maximum absolute atomic E-state index is 13.1. The minimum absolute atomic E-state index is 0.00989. The Kier molecular flexibility index (Phi) is 6.06. The minimum Gasteiger partial charge on any atom is -0.493 e. The van der Waals surface area contributed by atoms with Crippen LogP contribution in [0.4, 0.5) is 5.82 Å². The molecule has 0 atom stereocenters. The third-order valence-electron chi connectivity index (χ3n) is 6.21. The van der Waals surface area contributed by atoms with Crippen LogP contribution in [0.3, 0.4) is 0 Å². The first-order valence-electron chi connectivity index (χ1n) is 11.1. The third kappa shape index (κ3) is 4.05. The first-order chi connectivity index (χ1) is 16.6. The highest BCUT2D eigenvalue weighted by Crippen LogP contribution is 2.38. The molecule has 0 radical (unpaired) electrons. The van der Waals surface area contributed by atoms with Gasteiger partial charge in [0.1, 0.15) is 17.0 Å². The molecule has 1 amide bonds. The highest BCUT2D eigenvalue weighted by Gasteiger charge is 2.26. The summed E-state index contributed by atoms with van der Waals surface area (Å²) in [6.45, 7) is 4.72. The first kappa shape index (κ1) is 22.2. The number of piperazine rings is 1. The Bertz CT molecular complexity index is 1330. The SMILES string of the molecule is COc1ccc(C(=O)N2CCN(c3ncnc4scc(-c5ccc(C)cc5)c34)CC2)cc1OC. The van der Waals surface area contributed by atoms with Crippen molar-refractivity contribution < 1.29 is 14.3 Å². The number of benzene rings is 2. The fraction of sp³-hybridized carbons (Fsp3) is 0.269. The lowest BCUT2D eigenvalue weighted by molar-refractivity contribution is 0.0746. The van der Waals surface area contributed by atoms with Gasteiger partial charge in [0.2, 0.25) is 0 Å². The number of anilines is 1. The normalized spacial score (nSPS) is 13.9. The molecule has 34 heavy (non-hydrogen) atoms. The molecule has 1 aliphatic heterocycles. The summed E-state index contributed by atoms with van der Waals surface area (Å²) in [4.78, 5) is 27.4. The van der Waals surface area contributed by atoms with Crippen molar-refractivity contribution in [3.63, 3.8) is 0 Å². The molecule has 1 fully saturated rings. The van der Waals surface area contributed by atoms with Crippen LogP contribution in [0.5, 0.6) is 11.5 Å². The molecule has 0 spiro atoms. The van der Waals surface area contributed by atoms with Crippen molar-refractivity contribution in [2.75, 3.05) is 45.3 Å². The number of amides is 1. The van der Waals surface area contributed by atoms with Gasteiger partial charge in [-0.3, -0.25) is 4.79 Å². The second-order valence-electron chi connectivity index (χ2n) is 8.24. The predicted octanol–water partition coefficient (Wildman–Crippen LogP) is 4.65. The molecule has 0 unspecified atom stereocenters. The standard InChI is InChI=1S/C26H26N4O3S/c1-17-4-6-18(7-5-17)20-15-34-25-23(20)24(27-16-28-25)29-10-12-30(13-11-29)26(31)19-8-9-21(32-2)22(14-19)33-3/h4-9,14-16H,10-13H2,1-3H3. The number of thiophene rings is 1. The van der Waals surface area contributed by atoms with E-state index in [2.05, 4.69) is 51.4 Å². The molecule has 5 rings (SSSR count). The summed E-state index contributed by atoms with van der Waals surface area (Å²) in [7, 11) is 3.16. The third-order valence-corrected chi connectivity index (χ3v) is 7.10. The molecule has 0 bridgehead atoms. The largest absolute Gasteiger partial charge is 0.493 e. The van der Waals surface area contributed by atoms with Crippen molar-refractivity contribution in [1.82, 2.24) is 14.9 Å². The maximum atomic E-state index is 13.1. The number of aromatic nitrogens is 2. The predicted molar refractivity (Wildman–Crippen MR) is 135 cm³/mol. The van der Waals surface area contributed by atoms with Gasteiger partial charge in [-0.05, 0) is 30.7 Å². The first-order valence-corrected chi connectivity index (χ1v) is 12.0. The van der Waals surface area contributed by atoms with E-state index in [1.807, 2.05) is 4.90 Å². The highest BCUT2D eigenvalue weighted by atomic mass is 32.1. The summed E-state index contributed by atoms with van der Waals surface area (Å²) in [5.41, 5.74) is 4.14. The van der Waals surface area contributed by atoms with Crippen molar-refractivity contribution in [2.24, 2.45) is 0 Å². The summed E-state index contributed by atoms with van der Waals surface area (Å²) in [5, 5.41) is 3.24. The Labute approximate surface area is 202 Å². The number of nitrogens with zero attached hydrogens (tertiary/aromatic N) is 4. The summed E-state index contributed by atoms with van der Waals surface area (Å²) >= 11 is 1.64. The average molecular weight is 475 g/mol. The maximum Gasteiger partial charge on any atom is 0.254 e. The Morgan fingerprint density at radius 2 is 1.68 bits per heavy atom. The second-order valence-corrected chi connectivity index (χ2v) is 9.10. The van der Waals surface area contributed by atoms with Crippen molar-refractivity contribution >= 4 is 33.3 Å². The van der Waals surface area contributed by atoms with E-state index >= 15 is 0 Å². The zero-order valence-electron chi connectivity index (χ0n) is 19.4. The van der Waals surface area contributed by atoms with E-state index in [9.17, 15) is 4.79 Å². The molecule has 2 aromatic carbocycles. The summed E-state index contributed by atoms with van der Waals surface area (Å²) in [5.74, 6) is 2.08. The van der Waals surface area contributed by atoms with E-state index in [4.69, 9.17) is 9.47 Å². The Hall–Kier alpha value is -3.65. The second kappa shape index (κ2) is 9.30. The molecule has 174 valence electrons. The number of hydrogen-bond acceptors (Lipinski definition) is 7. The van der Waals surface area contributed by atoms with Crippen molar-refractivity contribution in [2.45, 2.75) is 6.92 Å². The van der Waals surface area contributed by atoms with E-state index < -0.39 is 0 Å². The van der Waals surface area contributed by atoms with E-state index in [0.29, 0.717) is 43.2 Å². The fourth-order valence-electron chi connectivity index (χ4n) is 4.32. The number of methoxy groups -OCH3 is 2. The number of rotatable bonds is 5. The zero-order valence-corrected chi connectivity index (χ0v) is 20.3. The molecular weight excluding hydrogens is 448 g/mol. The monoisotopic (exact) mass is 474 g/mol. The summed E-state index contributed by atoms with van der Waals surface area (Å²) in [6.07, 6.45) is 1.63. The van der Waals surface area contributed by atoms with Crippen molar-refractivity contribution in [3.05, 3.63) is 65.3 Å². The van der Waals surface area contributed by atoms with Gasteiger partial charge in [-0.15, -0.1) is 11.3 Å². The van der Waals surface area contributed by atoms with Crippen LogP contribution in [0.2, 0.25) is 0 Å². The number of carbonyl (C=O) groups is 1. The quantitative estimate of drug-likeness (QED) is 0.420. The van der Waals surface area contributed by atoms with Crippen molar-refractivity contribution in [1.29, 1.82) is 0 Å². The molecule has 4 aromatic rings. The molecule has 8 heteroatoms. The topological polar surface area (TPSA) is 67.8 Å². The van der Waals surface area contributed by atoms with Gasteiger partial charge in [0.25, 0.3) is 5.91 Å². The lowest BCUT2D eigenvalue weighted by atomic mass is 10.0. The Morgan fingerprint density at radius 3 is 2.38 bits per heavy atom. The van der Waals surface area contributed by atoms with Crippen molar-refractivity contribution in [3.8, 4) is 22.6 Å². The van der Waals surface area contributed by atoms with Gasteiger partial charge in [-0.25, -0.2) is 9.97 Å². The van der Waals surface area contributed by atoms with Gasteiger partial charge in [0, 0.05) is 42.7 Å². The summed E-state index contributed by atoms with van der Waals surface area (Å²) in [6, 6.07) is 13.8. The van der Waals surface area contributed by atoms with Gasteiger partial charge in [0.05, 0.1) is 19.6 Å². The minimum atomic E-state index is -0.00989. The van der Waals surface area contributed by atoms with E-state index in [-0.39, 0.29) is 5.91 Å². The number of hydrogen-bond donors (Lipinski definition) is 0.